The summed E-state index contributed by atoms with van der Waals surface area (Å²) in [7, 11) is 0. The van der Waals surface area contributed by atoms with E-state index in [1.807, 2.05) is 37.3 Å². The summed E-state index contributed by atoms with van der Waals surface area (Å²) in [6, 6.07) is 9.45. The molecule has 0 amide bonds. The Morgan fingerprint density at radius 3 is 2.52 bits per heavy atom. The van der Waals surface area contributed by atoms with E-state index >= 15 is 0 Å². The van der Waals surface area contributed by atoms with Crippen LogP contribution in [0.5, 0.6) is 0 Å². The van der Waals surface area contributed by atoms with Crippen LogP contribution in [0.2, 0.25) is 5.02 Å². The topological polar surface area (TPSA) is 49.5 Å². The summed E-state index contributed by atoms with van der Waals surface area (Å²) in [5.74, 6) is 0.879. The summed E-state index contributed by atoms with van der Waals surface area (Å²) in [4.78, 5) is 2.28. The molecule has 0 saturated carbocycles. The number of aromatic nitrogens is 1. The van der Waals surface area contributed by atoms with Crippen molar-refractivity contribution in [3.63, 3.8) is 0 Å². The Balaban J connectivity index is 1.62. The molecule has 5 heteroatoms. The maximum absolute atomic E-state index is 10.8. The van der Waals surface area contributed by atoms with Crippen molar-refractivity contribution in [2.45, 2.75) is 31.9 Å². The van der Waals surface area contributed by atoms with E-state index in [-0.39, 0.29) is 0 Å². The first kappa shape index (κ1) is 14.6. The molecule has 0 unspecified atom stereocenters. The molecule has 0 spiro atoms. The Kier molecular flexibility index (Phi) is 4.02. The van der Waals surface area contributed by atoms with Crippen LogP contribution in [0.1, 0.15) is 29.9 Å². The summed E-state index contributed by atoms with van der Waals surface area (Å²) in [6.45, 7) is 4.33. The smallest absolute Gasteiger partial charge is 0.150 e. The number of hydrogen-bond acceptors (Lipinski definition) is 4. The molecule has 2 aromatic rings. The number of rotatable bonds is 3. The van der Waals surface area contributed by atoms with Crippen LogP contribution in [0.15, 0.2) is 34.9 Å². The van der Waals surface area contributed by atoms with E-state index in [9.17, 15) is 5.11 Å². The van der Waals surface area contributed by atoms with Gasteiger partial charge in [-0.1, -0.05) is 28.9 Å². The van der Waals surface area contributed by atoms with Gasteiger partial charge in [0, 0.05) is 24.2 Å². The summed E-state index contributed by atoms with van der Waals surface area (Å²) in [5.41, 5.74) is 1.10. The molecule has 1 aromatic heterocycles. The van der Waals surface area contributed by atoms with E-state index in [4.69, 9.17) is 16.1 Å². The van der Waals surface area contributed by atoms with Gasteiger partial charge in [0.15, 0.2) is 5.76 Å². The zero-order valence-corrected chi connectivity index (χ0v) is 12.8. The minimum atomic E-state index is -0.752. The molecule has 1 aliphatic rings. The zero-order chi connectivity index (χ0) is 14.9. The minimum Gasteiger partial charge on any atom is -0.385 e. The highest BCUT2D eigenvalue weighted by Gasteiger charge is 2.34. The van der Waals surface area contributed by atoms with Crippen molar-refractivity contribution in [3.05, 3.63) is 52.4 Å². The predicted octanol–water partition coefficient (Wildman–Crippen LogP) is 3.12. The second-order valence-electron chi connectivity index (χ2n) is 5.75. The molecule has 1 N–H and O–H groups in total. The van der Waals surface area contributed by atoms with E-state index in [0.29, 0.717) is 17.9 Å². The van der Waals surface area contributed by atoms with E-state index in [1.165, 1.54) is 0 Å². The number of likely N-dealkylation sites (tertiary alicyclic amines) is 1. The van der Waals surface area contributed by atoms with Gasteiger partial charge in [0.25, 0.3) is 0 Å². The van der Waals surface area contributed by atoms with Gasteiger partial charge in [-0.05, 0) is 37.5 Å². The van der Waals surface area contributed by atoms with Crippen LogP contribution in [0.4, 0.5) is 0 Å². The fourth-order valence-corrected chi connectivity index (χ4v) is 2.97. The molecular weight excluding hydrogens is 288 g/mol. The molecular formula is C16H19ClN2O2. The number of halogens is 1. The van der Waals surface area contributed by atoms with Gasteiger partial charge in [-0.15, -0.1) is 0 Å². The minimum absolute atomic E-state index is 0.695. The van der Waals surface area contributed by atoms with Crippen LogP contribution in [-0.4, -0.2) is 28.3 Å². The number of nitrogens with zero attached hydrogens (tertiary/aromatic N) is 2. The highest BCUT2D eigenvalue weighted by atomic mass is 35.5. The number of aryl methyl sites for hydroxylation is 1. The molecule has 4 nitrogen and oxygen atoms in total. The Morgan fingerprint density at radius 2 is 1.95 bits per heavy atom. The second kappa shape index (κ2) is 5.79. The van der Waals surface area contributed by atoms with Gasteiger partial charge < -0.3 is 9.63 Å². The number of hydrogen-bond donors (Lipinski definition) is 1. The van der Waals surface area contributed by atoms with Gasteiger partial charge in [0.05, 0.1) is 17.8 Å². The molecule has 0 bridgehead atoms. The first-order valence-electron chi connectivity index (χ1n) is 7.18. The molecule has 1 aliphatic heterocycles. The molecule has 21 heavy (non-hydrogen) atoms. The molecule has 3 rings (SSSR count). The maximum atomic E-state index is 10.8. The number of piperidine rings is 1. The van der Waals surface area contributed by atoms with E-state index in [1.54, 1.807) is 0 Å². The summed E-state index contributed by atoms with van der Waals surface area (Å²) < 4.78 is 5.25. The van der Waals surface area contributed by atoms with Crippen molar-refractivity contribution in [2.24, 2.45) is 0 Å². The van der Waals surface area contributed by atoms with Crippen molar-refractivity contribution in [2.75, 3.05) is 13.1 Å². The Bertz CT molecular complexity index is 601. The van der Waals surface area contributed by atoms with Gasteiger partial charge in [-0.3, -0.25) is 4.90 Å². The van der Waals surface area contributed by atoms with Gasteiger partial charge in [-0.25, -0.2) is 0 Å². The SMILES string of the molecule is Cc1cc(CN2CCC(O)(c3ccc(Cl)cc3)CC2)on1. The molecule has 1 fully saturated rings. The molecule has 0 atom stereocenters. The fourth-order valence-electron chi connectivity index (χ4n) is 2.84. The molecule has 1 saturated heterocycles. The van der Waals surface area contributed by atoms with Gasteiger partial charge in [0.2, 0.25) is 0 Å². The first-order chi connectivity index (χ1) is 10.0. The monoisotopic (exact) mass is 306 g/mol. The lowest BCUT2D eigenvalue weighted by Gasteiger charge is -2.38. The van der Waals surface area contributed by atoms with Crippen molar-refractivity contribution in [1.29, 1.82) is 0 Å². The van der Waals surface area contributed by atoms with Crippen LogP contribution in [0.25, 0.3) is 0 Å². The van der Waals surface area contributed by atoms with Gasteiger partial charge in [0.1, 0.15) is 0 Å². The Hall–Kier alpha value is -1.36. The van der Waals surface area contributed by atoms with Crippen LogP contribution >= 0.6 is 11.6 Å². The van der Waals surface area contributed by atoms with E-state index < -0.39 is 5.60 Å². The third-order valence-corrected chi connectivity index (χ3v) is 4.37. The third kappa shape index (κ3) is 3.28. The van der Waals surface area contributed by atoms with Crippen molar-refractivity contribution in [1.82, 2.24) is 10.1 Å². The van der Waals surface area contributed by atoms with Gasteiger partial charge >= 0.3 is 0 Å². The van der Waals surface area contributed by atoms with Crippen LogP contribution in [0, 0.1) is 6.92 Å². The molecule has 2 heterocycles. The van der Waals surface area contributed by atoms with E-state index in [2.05, 4.69) is 10.1 Å². The first-order valence-corrected chi connectivity index (χ1v) is 7.56. The van der Waals surface area contributed by atoms with Crippen LogP contribution in [-0.2, 0) is 12.1 Å². The number of aliphatic hydroxyl groups is 1. The highest BCUT2D eigenvalue weighted by molar-refractivity contribution is 6.30. The summed E-state index contributed by atoms with van der Waals surface area (Å²) >= 11 is 5.91. The van der Waals surface area contributed by atoms with Crippen molar-refractivity contribution >= 4 is 11.6 Å². The Morgan fingerprint density at radius 1 is 1.29 bits per heavy atom. The normalized spacial score (nSPS) is 18.8. The lowest BCUT2D eigenvalue weighted by Crippen LogP contribution is -2.42. The van der Waals surface area contributed by atoms with Crippen molar-refractivity contribution in [3.8, 4) is 0 Å². The second-order valence-corrected chi connectivity index (χ2v) is 6.19. The zero-order valence-electron chi connectivity index (χ0n) is 12.1. The maximum Gasteiger partial charge on any atom is 0.150 e. The van der Waals surface area contributed by atoms with Crippen LogP contribution in [0.3, 0.4) is 0 Å². The average molecular weight is 307 g/mol. The van der Waals surface area contributed by atoms with Crippen molar-refractivity contribution < 1.29 is 9.63 Å². The molecule has 1 aromatic carbocycles. The quantitative estimate of drug-likeness (QED) is 0.946. The lowest BCUT2D eigenvalue weighted by atomic mass is 9.84. The summed E-state index contributed by atoms with van der Waals surface area (Å²) in [6.07, 6.45) is 1.42. The molecule has 0 aliphatic carbocycles. The highest BCUT2D eigenvalue weighted by Crippen LogP contribution is 2.33. The van der Waals surface area contributed by atoms with Crippen LogP contribution < -0.4 is 0 Å². The molecule has 0 radical (unpaired) electrons. The van der Waals surface area contributed by atoms with Gasteiger partial charge in [-0.2, -0.15) is 0 Å². The standard InChI is InChI=1S/C16H19ClN2O2/c1-12-10-15(21-18-12)11-19-8-6-16(20,7-9-19)13-2-4-14(17)5-3-13/h2-5,10,20H,6-9,11H2,1H3. The summed E-state index contributed by atoms with van der Waals surface area (Å²) in [5, 5.41) is 15.4. The Labute approximate surface area is 129 Å². The fraction of sp³-hybridized carbons (Fsp3) is 0.438. The largest absolute Gasteiger partial charge is 0.385 e. The predicted molar refractivity (Wildman–Crippen MR) is 81.1 cm³/mol. The number of benzene rings is 1. The average Bonchev–Trinajstić information content (AvgIpc) is 2.88. The lowest BCUT2D eigenvalue weighted by molar-refractivity contribution is -0.0292. The third-order valence-electron chi connectivity index (χ3n) is 4.12. The molecule has 112 valence electrons. The van der Waals surface area contributed by atoms with E-state index in [0.717, 1.165) is 36.7 Å².